The van der Waals surface area contributed by atoms with Crippen molar-refractivity contribution in [3.8, 4) is 0 Å². The third-order valence-corrected chi connectivity index (χ3v) is 22.7. The average Bonchev–Trinajstić information content (AvgIpc) is 1.50. The lowest BCUT2D eigenvalue weighted by atomic mass is 9.78. The second kappa shape index (κ2) is 38.0. The Kier molecular flexibility index (Phi) is 32.1. The summed E-state index contributed by atoms with van der Waals surface area (Å²) in [6.45, 7) is 7.72. The molecule has 2 saturated heterocycles. The molecule has 3 unspecified atom stereocenters. The van der Waals surface area contributed by atoms with Gasteiger partial charge in [0.15, 0.2) is 0 Å². The molecular weight excluding hydrogens is 1390 g/mol. The van der Waals surface area contributed by atoms with Crippen molar-refractivity contribution < 1.29 is 84.3 Å². The first-order chi connectivity index (χ1) is 48.4. The third kappa shape index (κ3) is 23.0. The number of rotatable bonds is 13. The van der Waals surface area contributed by atoms with E-state index in [-0.39, 0.29) is 69.6 Å². The second-order valence-corrected chi connectivity index (χ2v) is 31.7. The van der Waals surface area contributed by atoms with Crippen LogP contribution >= 0.6 is 11.6 Å². The number of likely N-dealkylation sites (tertiary alicyclic amines) is 1. The Morgan fingerprint density at radius 1 is 0.606 bits per heavy atom. The smallest absolute Gasteiger partial charge is 0.347 e. The molecule has 0 bridgehead atoms. The molecule has 5 aliphatic rings. The molecule has 1 spiro atoms. The fourth-order valence-corrected chi connectivity index (χ4v) is 15.8. The van der Waals surface area contributed by atoms with E-state index < -0.39 is 224 Å². The monoisotopic (exact) mass is 1500 g/mol. The minimum Gasteiger partial charge on any atom is -0.347 e. The number of carbonyl (C=O) groups is 13. The molecule has 26 nitrogen and oxygen atoms in total. The zero-order chi connectivity index (χ0) is 78.4. The summed E-state index contributed by atoms with van der Waals surface area (Å²) in [5.74, 6) is -17.3. The summed E-state index contributed by atoms with van der Waals surface area (Å²) in [6.07, 6.45) is -2.85. The minimum absolute atomic E-state index is 0.00658. The van der Waals surface area contributed by atoms with Gasteiger partial charge in [0.25, 0.3) is 5.92 Å². The van der Waals surface area contributed by atoms with Gasteiger partial charge in [-0.05, 0) is 87.4 Å². The fourth-order valence-electron chi connectivity index (χ4n) is 15.2. The van der Waals surface area contributed by atoms with E-state index in [1.807, 2.05) is 13.8 Å². The average molecular weight is 1500 g/mol. The second-order valence-electron chi connectivity index (χ2n) is 31.2. The van der Waals surface area contributed by atoms with Gasteiger partial charge < -0.3 is 64.9 Å². The summed E-state index contributed by atoms with van der Waals surface area (Å²) in [7, 11) is 13.4. The van der Waals surface area contributed by atoms with Crippen LogP contribution in [0.5, 0.6) is 0 Å². The highest BCUT2D eigenvalue weighted by molar-refractivity contribution is 6.21. The molecule has 3 aliphatic carbocycles. The number of nitrogens with one attached hydrogen (secondary N) is 3. The Labute approximate surface area is 615 Å². The lowest BCUT2D eigenvalue weighted by molar-refractivity contribution is -0.182. The Hall–Kier alpha value is -6.95. The Morgan fingerprint density at radius 2 is 1.18 bits per heavy atom. The first-order valence-corrected chi connectivity index (χ1v) is 37.4. The maximum Gasteiger partial charge on any atom is 0.393 e. The Bertz CT molecular complexity index is 3050. The normalized spacial score (nSPS) is 28.3. The standard InChI is InChI=1S/C72H117ClF5N13O13/c1-17-45(6)60-67(102)85(11)41-58(95)83(9)42-59(96)87(13)53(37-46-23-19-18-20-24-46)66(101)84(10)40-55(92)79-50(28-26-47-25-27-48(49(73)36-47)72(76,77)78)64(99)88(14)52(38-57(94)91-33-31-71(74,75)32-34-91)63(98)81-70(29-21-22-30-70)69(104)90(16)61(44(4)5)68(103)89(15)54(65(100)82(7)8)39-56(93)86(12)51(35-43(2)3)62(97)80-60/h43-54,60-61H,17-42H2,1-16H3,(H,79,92)(H,80,97)(H,81,98)/t45-,47?,48?,49?,50-,51-,52-,53-,54-,60-,61-/m0/s1. The number of likely N-dealkylation sites (N-methyl/N-ethyl adjacent to an activating group) is 9. The highest BCUT2D eigenvalue weighted by Gasteiger charge is 2.52. The van der Waals surface area contributed by atoms with Crippen molar-refractivity contribution in [3.05, 3.63) is 0 Å². The van der Waals surface area contributed by atoms with Gasteiger partial charge >= 0.3 is 6.18 Å². The number of nitrogens with zero attached hydrogens (tertiary/aromatic N) is 10. The molecule has 5 fully saturated rings. The van der Waals surface area contributed by atoms with Crippen LogP contribution in [0.4, 0.5) is 22.0 Å². The number of piperidine rings is 1. The summed E-state index contributed by atoms with van der Waals surface area (Å²) < 4.78 is 71.5. The van der Waals surface area contributed by atoms with Gasteiger partial charge in [0.2, 0.25) is 76.8 Å². The summed E-state index contributed by atoms with van der Waals surface area (Å²) in [6, 6.07) is -10.1. The number of halogens is 6. The molecule has 5 rings (SSSR count). The predicted molar refractivity (Wildman–Crippen MR) is 378 cm³/mol. The molecule has 3 saturated carbocycles. The van der Waals surface area contributed by atoms with E-state index in [4.69, 9.17) is 11.6 Å². The van der Waals surface area contributed by atoms with E-state index in [9.17, 15) is 65.1 Å². The van der Waals surface area contributed by atoms with Crippen molar-refractivity contribution in [1.29, 1.82) is 0 Å². The highest BCUT2D eigenvalue weighted by atomic mass is 35.5. The Balaban J connectivity index is 1.67. The van der Waals surface area contributed by atoms with Gasteiger partial charge in [-0.15, -0.1) is 11.6 Å². The van der Waals surface area contributed by atoms with Crippen LogP contribution < -0.4 is 16.0 Å². The molecular formula is C72H117ClF5N13O13. The molecule has 2 aliphatic heterocycles. The number of hydrogen-bond acceptors (Lipinski definition) is 13. The molecule has 32 heteroatoms. The van der Waals surface area contributed by atoms with Crippen molar-refractivity contribution in [3.63, 3.8) is 0 Å². The maximum absolute atomic E-state index is 15.6. The van der Waals surface area contributed by atoms with E-state index in [0.717, 1.165) is 78.4 Å². The van der Waals surface area contributed by atoms with Crippen molar-refractivity contribution in [2.75, 3.05) is 103 Å². The van der Waals surface area contributed by atoms with Gasteiger partial charge in [0.05, 0.1) is 38.4 Å². The van der Waals surface area contributed by atoms with Crippen molar-refractivity contribution in [2.45, 2.75) is 242 Å². The van der Waals surface area contributed by atoms with E-state index in [1.165, 1.54) is 73.2 Å². The van der Waals surface area contributed by atoms with Gasteiger partial charge in [-0.2, -0.15) is 13.2 Å². The fraction of sp³-hybridized carbons (Fsp3) is 0.819. The topological polar surface area (TPSA) is 290 Å². The van der Waals surface area contributed by atoms with Crippen molar-refractivity contribution >= 4 is 88.4 Å². The van der Waals surface area contributed by atoms with Gasteiger partial charge in [-0.3, -0.25) is 62.3 Å². The van der Waals surface area contributed by atoms with Gasteiger partial charge in [-0.25, -0.2) is 8.78 Å². The van der Waals surface area contributed by atoms with Gasteiger partial charge in [-0.1, -0.05) is 92.9 Å². The quantitative estimate of drug-likeness (QED) is 0.160. The van der Waals surface area contributed by atoms with Crippen LogP contribution in [0.15, 0.2) is 0 Å². The van der Waals surface area contributed by atoms with E-state index in [1.54, 1.807) is 27.7 Å². The first-order valence-electron chi connectivity index (χ1n) is 36.9. The Morgan fingerprint density at radius 3 is 1.73 bits per heavy atom. The number of amides is 13. The molecule has 0 aromatic rings. The summed E-state index contributed by atoms with van der Waals surface area (Å²) in [4.78, 5) is 204. The molecule has 13 amide bonds. The molecule has 590 valence electrons. The van der Waals surface area contributed by atoms with Crippen LogP contribution in [0.1, 0.15) is 176 Å². The van der Waals surface area contributed by atoms with Crippen LogP contribution in [-0.4, -0.2) is 294 Å². The highest BCUT2D eigenvalue weighted by Crippen LogP contribution is 2.44. The number of alkyl halides is 6. The lowest BCUT2D eigenvalue weighted by Gasteiger charge is -2.41. The first kappa shape index (κ1) is 87.7. The van der Waals surface area contributed by atoms with Crippen LogP contribution in [0.3, 0.4) is 0 Å². The SMILES string of the molecule is CC[C@H](C)[C@@H]1NC(=O)[C@H](CC(C)C)N(C)C(=O)C[C@@H](C(=O)N(C)C)N(C)C(=O)[C@H](C(C)C)N(C)C(=O)C2(CCCC2)NC(=O)[C@H](CC(=O)N2CCC(F)(F)CC2)N(C)C(=O)[C@H](CCC2CCC(C(F)(F)F)C(Cl)C2)NC(=O)CN(C)C(=O)[C@H](CC2CCCCC2)N(C)C(=O)CN(C)C(=O)CN(C)C1=O. The molecule has 0 aromatic carbocycles. The molecule has 11 atom stereocenters. The van der Waals surface area contributed by atoms with Crippen LogP contribution in [0, 0.1) is 35.5 Å². The molecule has 104 heavy (non-hydrogen) atoms. The summed E-state index contributed by atoms with van der Waals surface area (Å²) in [5, 5.41) is 7.06. The zero-order valence-electron chi connectivity index (χ0n) is 64.0. The third-order valence-electron chi connectivity index (χ3n) is 22.3. The van der Waals surface area contributed by atoms with Crippen molar-refractivity contribution in [1.82, 2.24) is 64.9 Å². The van der Waals surface area contributed by atoms with Crippen LogP contribution in [0.25, 0.3) is 0 Å². The van der Waals surface area contributed by atoms with Crippen LogP contribution in [-0.2, 0) is 62.3 Å². The molecule has 2 heterocycles. The van der Waals surface area contributed by atoms with E-state index in [2.05, 4.69) is 16.0 Å². The summed E-state index contributed by atoms with van der Waals surface area (Å²) in [5.41, 5.74) is -1.84. The largest absolute Gasteiger partial charge is 0.393 e. The van der Waals surface area contributed by atoms with Crippen molar-refractivity contribution in [2.24, 2.45) is 35.5 Å². The summed E-state index contributed by atoms with van der Waals surface area (Å²) >= 11 is 6.39. The minimum atomic E-state index is -4.59. The number of carbonyl (C=O) groups excluding carboxylic acids is 13. The zero-order valence-corrected chi connectivity index (χ0v) is 64.8. The number of hydrogen-bond donors (Lipinski definition) is 3. The van der Waals surface area contributed by atoms with Gasteiger partial charge in [0, 0.05) is 102 Å². The van der Waals surface area contributed by atoms with E-state index in [0.29, 0.717) is 19.3 Å². The molecule has 0 aromatic heterocycles. The maximum atomic E-state index is 15.6. The molecule has 0 radical (unpaired) electrons. The predicted octanol–water partition coefficient (Wildman–Crippen LogP) is 5.12. The van der Waals surface area contributed by atoms with Crippen LogP contribution in [0.2, 0.25) is 0 Å². The lowest BCUT2D eigenvalue weighted by Crippen LogP contribution is -2.65. The van der Waals surface area contributed by atoms with E-state index >= 15 is 19.2 Å². The van der Waals surface area contributed by atoms with Gasteiger partial charge in [0.1, 0.15) is 47.8 Å². The molecule has 3 N–H and O–H groups in total.